The Morgan fingerprint density at radius 2 is 1.31 bits per heavy atom. The van der Waals surface area contributed by atoms with Crippen molar-refractivity contribution in [3.8, 4) is 0 Å². The summed E-state index contributed by atoms with van der Waals surface area (Å²) in [7, 11) is 6.98. The average Bonchev–Trinajstić information content (AvgIpc) is 2.71. The van der Waals surface area contributed by atoms with Gasteiger partial charge in [0, 0.05) is 37.7 Å². The second-order valence-corrected chi connectivity index (χ2v) is 9.13. The summed E-state index contributed by atoms with van der Waals surface area (Å²) in [6, 6.07) is -0.356. The first kappa shape index (κ1) is 21.8. The van der Waals surface area contributed by atoms with Crippen LogP contribution in [0.2, 0.25) is 0 Å². The molecule has 2 fully saturated rings. The van der Waals surface area contributed by atoms with E-state index < -0.39 is 0 Å². The summed E-state index contributed by atoms with van der Waals surface area (Å²) < 4.78 is 5.31. The summed E-state index contributed by atoms with van der Waals surface area (Å²) in [6.07, 6.45) is 3.44. The van der Waals surface area contributed by atoms with E-state index in [1.807, 2.05) is 23.9 Å². The lowest BCUT2D eigenvalue weighted by atomic mass is 10.1. The number of amides is 2. The van der Waals surface area contributed by atoms with E-state index in [1.54, 1.807) is 21.6 Å². The monoisotopic (exact) mass is 404 g/mol. The molecule has 0 aromatic carbocycles. The molecule has 0 aromatic rings. The molecule has 0 aromatic heterocycles. The van der Waals surface area contributed by atoms with Crippen molar-refractivity contribution >= 4 is 33.4 Å². The first-order valence-electron chi connectivity index (χ1n) is 9.41. The van der Waals surface area contributed by atoms with Crippen molar-refractivity contribution in [1.29, 1.82) is 0 Å². The maximum absolute atomic E-state index is 12.6. The first-order valence-corrected chi connectivity index (χ1v) is 11.9. The first-order chi connectivity index (χ1) is 12.7. The number of carbonyl (C=O) groups excluding carboxylic acids is 2. The van der Waals surface area contributed by atoms with Crippen LogP contribution in [0.3, 0.4) is 0 Å². The lowest BCUT2D eigenvalue weighted by Gasteiger charge is -2.30. The standard InChI is InChI=1S/C17H32N4O3S2/c1-18-14(16(22)20-6-4-3-5-7-20)12-25-26-13-15(19-2)17(23)21-8-10-24-11-9-21/h14-15,18-19H,3-13H2,1-2H3/t14-,15-/m0/s1. The van der Waals surface area contributed by atoms with Crippen LogP contribution >= 0.6 is 21.6 Å². The van der Waals surface area contributed by atoms with Crippen LogP contribution in [-0.2, 0) is 14.3 Å². The van der Waals surface area contributed by atoms with Crippen LogP contribution in [0, 0.1) is 0 Å². The maximum Gasteiger partial charge on any atom is 0.240 e. The van der Waals surface area contributed by atoms with Crippen molar-refractivity contribution in [3.63, 3.8) is 0 Å². The van der Waals surface area contributed by atoms with Crippen LogP contribution in [0.15, 0.2) is 0 Å². The Labute approximate surface area is 164 Å². The molecular weight excluding hydrogens is 372 g/mol. The van der Waals surface area contributed by atoms with Crippen molar-refractivity contribution in [2.24, 2.45) is 0 Å². The number of piperidine rings is 1. The summed E-state index contributed by atoms with van der Waals surface area (Å²) in [6.45, 7) is 4.33. The SMILES string of the molecule is CN[C@@H](CSSC[C@H](NC)C(=O)N1CCOCC1)C(=O)N1CCCCC1. The molecule has 2 amide bonds. The topological polar surface area (TPSA) is 73.9 Å². The van der Waals surface area contributed by atoms with E-state index in [4.69, 9.17) is 4.74 Å². The van der Waals surface area contributed by atoms with Gasteiger partial charge in [-0.25, -0.2) is 0 Å². The van der Waals surface area contributed by atoms with Crippen LogP contribution in [0.5, 0.6) is 0 Å². The zero-order valence-electron chi connectivity index (χ0n) is 15.9. The molecule has 0 unspecified atom stereocenters. The minimum Gasteiger partial charge on any atom is -0.378 e. The number of rotatable bonds is 9. The molecule has 0 saturated carbocycles. The normalized spacial score (nSPS) is 20.7. The number of nitrogens with one attached hydrogen (secondary N) is 2. The highest BCUT2D eigenvalue weighted by Crippen LogP contribution is 2.24. The summed E-state index contributed by atoms with van der Waals surface area (Å²) in [4.78, 5) is 29.0. The molecule has 2 aliphatic heterocycles. The molecule has 0 radical (unpaired) electrons. The Hall–Kier alpha value is -0.480. The summed E-state index contributed by atoms with van der Waals surface area (Å²) in [5, 5.41) is 6.26. The van der Waals surface area contributed by atoms with Crippen molar-refractivity contribution in [1.82, 2.24) is 20.4 Å². The highest BCUT2D eigenvalue weighted by atomic mass is 33.1. The molecular formula is C17H32N4O3S2. The molecule has 7 nitrogen and oxygen atoms in total. The van der Waals surface area contributed by atoms with Crippen molar-refractivity contribution < 1.29 is 14.3 Å². The maximum atomic E-state index is 12.6. The van der Waals surface area contributed by atoms with Crippen molar-refractivity contribution in [2.45, 2.75) is 31.3 Å². The lowest BCUT2D eigenvalue weighted by molar-refractivity contribution is -0.136. The second kappa shape index (κ2) is 12.1. The minimum atomic E-state index is -0.198. The van der Waals surface area contributed by atoms with E-state index in [2.05, 4.69) is 10.6 Å². The van der Waals surface area contributed by atoms with Gasteiger partial charge in [-0.05, 0) is 33.4 Å². The highest BCUT2D eigenvalue weighted by molar-refractivity contribution is 8.76. The zero-order chi connectivity index (χ0) is 18.8. The molecule has 2 aliphatic rings. The largest absolute Gasteiger partial charge is 0.378 e. The quantitative estimate of drug-likeness (QED) is 0.426. The van der Waals surface area contributed by atoms with Gasteiger partial charge in [-0.2, -0.15) is 0 Å². The van der Waals surface area contributed by atoms with E-state index in [0.717, 1.165) is 25.9 Å². The van der Waals surface area contributed by atoms with E-state index >= 15 is 0 Å². The second-order valence-electron chi connectivity index (χ2n) is 6.58. The Morgan fingerprint density at radius 1 is 0.846 bits per heavy atom. The van der Waals surface area contributed by atoms with Crippen molar-refractivity contribution in [2.75, 3.05) is 65.0 Å². The molecule has 2 atom stereocenters. The van der Waals surface area contributed by atoms with E-state index in [-0.39, 0.29) is 23.9 Å². The van der Waals surface area contributed by atoms with Crippen LogP contribution in [0.1, 0.15) is 19.3 Å². The molecule has 0 aliphatic carbocycles. The number of nitrogens with zero attached hydrogens (tertiary/aromatic N) is 2. The molecule has 150 valence electrons. The molecule has 2 rings (SSSR count). The number of hydrogen-bond acceptors (Lipinski definition) is 7. The average molecular weight is 405 g/mol. The Bertz CT molecular complexity index is 404. The predicted octanol–water partition coefficient (Wildman–Crippen LogP) is 0.415. The van der Waals surface area contributed by atoms with Crippen LogP contribution in [0.4, 0.5) is 0 Å². The fraction of sp³-hybridized carbons (Fsp3) is 0.882. The van der Waals surface area contributed by atoms with Crippen LogP contribution < -0.4 is 10.6 Å². The van der Waals surface area contributed by atoms with Gasteiger partial charge in [0.05, 0.1) is 25.3 Å². The lowest BCUT2D eigenvalue weighted by Crippen LogP contribution is -2.50. The third-order valence-electron chi connectivity index (χ3n) is 4.84. The molecule has 0 spiro atoms. The number of likely N-dealkylation sites (tertiary alicyclic amines) is 1. The van der Waals surface area contributed by atoms with Crippen LogP contribution in [0.25, 0.3) is 0 Å². The number of ether oxygens (including phenoxy) is 1. The molecule has 9 heteroatoms. The third kappa shape index (κ3) is 6.60. The van der Waals surface area contributed by atoms with Gasteiger partial charge in [0.2, 0.25) is 11.8 Å². The smallest absolute Gasteiger partial charge is 0.240 e. The van der Waals surface area contributed by atoms with Crippen LogP contribution in [-0.4, -0.2) is 98.7 Å². The van der Waals surface area contributed by atoms with Crippen molar-refractivity contribution in [3.05, 3.63) is 0 Å². The number of likely N-dealkylation sites (N-methyl/N-ethyl adjacent to an activating group) is 2. The summed E-state index contributed by atoms with van der Waals surface area (Å²) >= 11 is 0. The van der Waals surface area contributed by atoms with Gasteiger partial charge in [0.15, 0.2) is 0 Å². The summed E-state index contributed by atoms with van der Waals surface area (Å²) in [5.74, 6) is 1.73. The fourth-order valence-corrected chi connectivity index (χ4v) is 5.60. The molecule has 26 heavy (non-hydrogen) atoms. The Balaban J connectivity index is 1.70. The van der Waals surface area contributed by atoms with Gasteiger partial charge in [-0.3, -0.25) is 9.59 Å². The fourth-order valence-electron chi connectivity index (χ4n) is 3.13. The molecule has 2 saturated heterocycles. The van der Waals surface area contributed by atoms with E-state index in [1.165, 1.54) is 6.42 Å². The number of carbonyl (C=O) groups is 2. The van der Waals surface area contributed by atoms with E-state index in [9.17, 15) is 9.59 Å². The third-order valence-corrected chi connectivity index (χ3v) is 7.26. The Kier molecular flexibility index (Phi) is 10.1. The van der Waals surface area contributed by atoms with Gasteiger partial charge in [-0.1, -0.05) is 21.6 Å². The molecule has 0 bridgehead atoms. The van der Waals surface area contributed by atoms with E-state index in [0.29, 0.717) is 37.8 Å². The number of morpholine rings is 1. The van der Waals surface area contributed by atoms with Gasteiger partial charge in [0.1, 0.15) is 0 Å². The zero-order valence-corrected chi connectivity index (χ0v) is 17.5. The Morgan fingerprint density at radius 3 is 1.77 bits per heavy atom. The molecule has 2 N–H and O–H groups in total. The summed E-state index contributed by atoms with van der Waals surface area (Å²) in [5.41, 5.74) is 0. The highest BCUT2D eigenvalue weighted by Gasteiger charge is 2.26. The predicted molar refractivity (Wildman–Crippen MR) is 108 cm³/mol. The van der Waals surface area contributed by atoms with Gasteiger partial charge < -0.3 is 25.2 Å². The van der Waals surface area contributed by atoms with Gasteiger partial charge in [-0.15, -0.1) is 0 Å². The van der Waals surface area contributed by atoms with Gasteiger partial charge in [0.25, 0.3) is 0 Å². The van der Waals surface area contributed by atoms with Gasteiger partial charge >= 0.3 is 0 Å². The number of hydrogen-bond donors (Lipinski definition) is 2. The molecule has 2 heterocycles. The minimum absolute atomic E-state index is 0.137.